The summed E-state index contributed by atoms with van der Waals surface area (Å²) < 4.78 is 10.7. The third kappa shape index (κ3) is 3.70. The van der Waals surface area contributed by atoms with Crippen molar-refractivity contribution < 1.29 is 9.47 Å². The van der Waals surface area contributed by atoms with Crippen LogP contribution in [0.5, 0.6) is 0 Å². The highest BCUT2D eigenvalue weighted by Crippen LogP contribution is 2.19. The number of hydrogen-bond donors (Lipinski definition) is 1. The highest BCUT2D eigenvalue weighted by atomic mass is 16.5. The summed E-state index contributed by atoms with van der Waals surface area (Å²) >= 11 is 0. The van der Waals surface area contributed by atoms with Crippen LogP contribution >= 0.6 is 0 Å². The van der Waals surface area contributed by atoms with Crippen molar-refractivity contribution >= 4 is 0 Å². The summed E-state index contributed by atoms with van der Waals surface area (Å²) in [6, 6.07) is 0. The van der Waals surface area contributed by atoms with Crippen LogP contribution in [-0.2, 0) is 9.47 Å². The van der Waals surface area contributed by atoms with Crippen molar-refractivity contribution in [1.29, 1.82) is 0 Å². The molecule has 0 aromatic rings. The van der Waals surface area contributed by atoms with E-state index in [9.17, 15) is 0 Å². The predicted octanol–water partition coefficient (Wildman–Crippen LogP) is 0.477. The third-order valence-corrected chi connectivity index (χ3v) is 3.68. The number of nitrogens with one attached hydrogen (secondary N) is 1. The maximum Gasteiger partial charge on any atom is 0.0594 e. The maximum absolute atomic E-state index is 5.39. The Morgan fingerprint density at radius 1 is 1.06 bits per heavy atom. The molecule has 0 radical (unpaired) electrons. The van der Waals surface area contributed by atoms with Crippen LogP contribution in [0.3, 0.4) is 0 Å². The van der Waals surface area contributed by atoms with Gasteiger partial charge in [0.15, 0.2) is 0 Å². The molecule has 2 aliphatic rings. The lowest BCUT2D eigenvalue weighted by Gasteiger charge is -2.36. The molecule has 16 heavy (non-hydrogen) atoms. The first-order chi connectivity index (χ1) is 7.79. The smallest absolute Gasteiger partial charge is 0.0594 e. The van der Waals surface area contributed by atoms with E-state index in [1.54, 1.807) is 0 Å². The monoisotopic (exact) mass is 228 g/mol. The molecule has 0 aliphatic carbocycles. The molecule has 0 spiro atoms. The molecule has 0 saturated carbocycles. The van der Waals surface area contributed by atoms with Crippen LogP contribution in [0, 0.1) is 0 Å². The number of ether oxygens (including phenoxy) is 2. The number of rotatable bonds is 4. The molecule has 0 unspecified atom stereocenters. The lowest BCUT2D eigenvalue weighted by molar-refractivity contribution is 0.0298. The Balaban J connectivity index is 1.62. The number of nitrogens with zero attached hydrogens (tertiary/aromatic N) is 1. The van der Waals surface area contributed by atoms with Crippen molar-refractivity contribution in [3.63, 3.8) is 0 Å². The van der Waals surface area contributed by atoms with Crippen molar-refractivity contribution in [3.05, 3.63) is 0 Å². The highest BCUT2D eigenvalue weighted by Gasteiger charge is 2.26. The summed E-state index contributed by atoms with van der Waals surface area (Å²) in [5, 5.41) is 3.68. The van der Waals surface area contributed by atoms with Crippen molar-refractivity contribution in [2.24, 2.45) is 0 Å². The van der Waals surface area contributed by atoms with E-state index in [1.807, 2.05) is 0 Å². The van der Waals surface area contributed by atoms with Gasteiger partial charge in [-0.15, -0.1) is 0 Å². The van der Waals surface area contributed by atoms with E-state index in [0.29, 0.717) is 5.54 Å². The van der Waals surface area contributed by atoms with Gasteiger partial charge in [-0.25, -0.2) is 0 Å². The second kappa shape index (κ2) is 5.96. The van der Waals surface area contributed by atoms with Gasteiger partial charge in [0.05, 0.1) is 13.2 Å². The first-order valence-electron chi connectivity index (χ1n) is 6.41. The van der Waals surface area contributed by atoms with Crippen LogP contribution < -0.4 is 5.32 Å². The zero-order valence-corrected chi connectivity index (χ0v) is 10.3. The van der Waals surface area contributed by atoms with E-state index in [-0.39, 0.29) is 0 Å². The minimum absolute atomic E-state index is 0.296. The molecule has 0 amide bonds. The van der Waals surface area contributed by atoms with Crippen molar-refractivity contribution in [1.82, 2.24) is 10.2 Å². The Kier molecular flexibility index (Phi) is 4.58. The van der Waals surface area contributed by atoms with Crippen LogP contribution in [0.25, 0.3) is 0 Å². The van der Waals surface area contributed by atoms with Gasteiger partial charge >= 0.3 is 0 Å². The molecular weight excluding hydrogens is 204 g/mol. The Bertz CT molecular complexity index is 199. The Hall–Kier alpha value is -0.160. The fourth-order valence-electron chi connectivity index (χ4n) is 2.34. The number of morpholine rings is 1. The van der Waals surface area contributed by atoms with Crippen LogP contribution in [0.2, 0.25) is 0 Å². The Labute approximate surface area is 98.3 Å². The van der Waals surface area contributed by atoms with E-state index >= 15 is 0 Å². The minimum atomic E-state index is 0.296. The standard InChI is InChI=1S/C12H24N2O2/c1-12(2-8-15-9-3-12)13-4-5-14-6-10-16-11-7-14/h13H,2-11H2,1H3. The first-order valence-corrected chi connectivity index (χ1v) is 6.41. The third-order valence-electron chi connectivity index (χ3n) is 3.68. The molecule has 2 rings (SSSR count). The van der Waals surface area contributed by atoms with Crippen LogP contribution in [0.15, 0.2) is 0 Å². The van der Waals surface area contributed by atoms with Crippen LogP contribution in [0.4, 0.5) is 0 Å². The summed E-state index contributed by atoms with van der Waals surface area (Å²) in [5.74, 6) is 0. The Morgan fingerprint density at radius 3 is 2.38 bits per heavy atom. The van der Waals surface area contributed by atoms with Gasteiger partial charge in [-0.1, -0.05) is 0 Å². The Morgan fingerprint density at radius 2 is 1.69 bits per heavy atom. The van der Waals surface area contributed by atoms with Crippen molar-refractivity contribution in [2.75, 3.05) is 52.6 Å². The predicted molar refractivity (Wildman–Crippen MR) is 63.7 cm³/mol. The molecule has 0 aromatic carbocycles. The summed E-state index contributed by atoms with van der Waals surface area (Å²) in [7, 11) is 0. The molecule has 4 heteroatoms. The van der Waals surface area contributed by atoms with E-state index in [0.717, 1.165) is 65.4 Å². The van der Waals surface area contributed by atoms with Crippen molar-refractivity contribution in [2.45, 2.75) is 25.3 Å². The second-order valence-corrected chi connectivity index (χ2v) is 5.05. The highest BCUT2D eigenvalue weighted by molar-refractivity contribution is 4.85. The molecule has 0 bridgehead atoms. The molecule has 0 atom stereocenters. The van der Waals surface area contributed by atoms with Crippen molar-refractivity contribution in [3.8, 4) is 0 Å². The van der Waals surface area contributed by atoms with Gasteiger partial charge in [-0.05, 0) is 19.8 Å². The molecule has 94 valence electrons. The van der Waals surface area contributed by atoms with E-state index in [1.165, 1.54) is 0 Å². The normalized spacial score (nSPS) is 26.8. The summed E-state index contributed by atoms with van der Waals surface area (Å²) in [4.78, 5) is 2.47. The van der Waals surface area contributed by atoms with Gasteiger partial charge in [0.25, 0.3) is 0 Å². The lowest BCUT2D eigenvalue weighted by atomic mass is 9.92. The van der Waals surface area contributed by atoms with Gasteiger partial charge < -0.3 is 14.8 Å². The van der Waals surface area contributed by atoms with Gasteiger partial charge in [-0.3, -0.25) is 4.90 Å². The van der Waals surface area contributed by atoms with Gasteiger partial charge in [-0.2, -0.15) is 0 Å². The molecule has 2 aliphatic heterocycles. The van der Waals surface area contributed by atoms with Gasteiger partial charge in [0.1, 0.15) is 0 Å². The average molecular weight is 228 g/mol. The van der Waals surface area contributed by atoms with E-state index < -0.39 is 0 Å². The molecule has 2 heterocycles. The fraction of sp³-hybridized carbons (Fsp3) is 1.00. The quantitative estimate of drug-likeness (QED) is 0.759. The summed E-state index contributed by atoms with van der Waals surface area (Å²) in [6.07, 6.45) is 2.27. The van der Waals surface area contributed by atoms with Crippen LogP contribution in [-0.4, -0.2) is 63.0 Å². The van der Waals surface area contributed by atoms with Crippen LogP contribution in [0.1, 0.15) is 19.8 Å². The fourth-order valence-corrected chi connectivity index (χ4v) is 2.34. The molecule has 0 aromatic heterocycles. The van der Waals surface area contributed by atoms with Gasteiger partial charge in [0, 0.05) is 44.9 Å². The van der Waals surface area contributed by atoms with Gasteiger partial charge in [0.2, 0.25) is 0 Å². The summed E-state index contributed by atoms with van der Waals surface area (Å²) in [6.45, 7) is 10.3. The zero-order chi connectivity index (χ0) is 11.3. The maximum atomic E-state index is 5.39. The molecule has 2 saturated heterocycles. The molecular formula is C12H24N2O2. The van der Waals surface area contributed by atoms with E-state index in [2.05, 4.69) is 17.1 Å². The largest absolute Gasteiger partial charge is 0.381 e. The minimum Gasteiger partial charge on any atom is -0.381 e. The topological polar surface area (TPSA) is 33.7 Å². The average Bonchev–Trinajstić information content (AvgIpc) is 2.31. The van der Waals surface area contributed by atoms with E-state index in [4.69, 9.17) is 9.47 Å². The second-order valence-electron chi connectivity index (χ2n) is 5.05. The number of hydrogen-bond acceptors (Lipinski definition) is 4. The molecule has 4 nitrogen and oxygen atoms in total. The SMILES string of the molecule is CC1(NCCN2CCOCC2)CCOCC1. The summed E-state index contributed by atoms with van der Waals surface area (Å²) in [5.41, 5.74) is 0.296. The first kappa shape index (κ1) is 12.3. The molecule has 2 fully saturated rings. The lowest BCUT2D eigenvalue weighted by Crippen LogP contribution is -2.50. The molecule has 1 N–H and O–H groups in total. The zero-order valence-electron chi connectivity index (χ0n) is 10.3.